The number of aromatic nitrogens is 1. The summed E-state index contributed by atoms with van der Waals surface area (Å²) in [7, 11) is 0. The van der Waals surface area contributed by atoms with Crippen LogP contribution in [0.5, 0.6) is 0 Å². The summed E-state index contributed by atoms with van der Waals surface area (Å²) in [4.78, 5) is 23.4. The Kier molecular flexibility index (Phi) is 5.90. The Balaban J connectivity index is 1.18. The number of amides is 1. The Morgan fingerprint density at radius 3 is 2.72 bits per heavy atom. The van der Waals surface area contributed by atoms with E-state index in [9.17, 15) is 4.79 Å². The molecule has 0 radical (unpaired) electrons. The third-order valence-electron chi connectivity index (χ3n) is 6.53. The maximum Gasteiger partial charge on any atom is 0.240 e. The molecule has 154 valence electrons. The van der Waals surface area contributed by atoms with Crippen molar-refractivity contribution in [1.29, 1.82) is 0 Å². The van der Waals surface area contributed by atoms with E-state index in [1.54, 1.807) is 11.3 Å². The topological polar surface area (TPSA) is 48.5 Å². The van der Waals surface area contributed by atoms with Crippen LogP contribution in [-0.2, 0) is 4.79 Å². The molecule has 5 nitrogen and oxygen atoms in total. The normalized spacial score (nSPS) is 26.3. The minimum atomic E-state index is 0.0136. The quantitative estimate of drug-likeness (QED) is 0.810. The summed E-state index contributed by atoms with van der Waals surface area (Å²) in [5.41, 5.74) is 4.57. The lowest BCUT2D eigenvalue weighted by molar-refractivity contribution is -0.131. The van der Waals surface area contributed by atoms with E-state index in [1.807, 2.05) is 22.2 Å². The zero-order chi connectivity index (χ0) is 19.6. The minimum Gasteiger partial charge on any atom is -0.331 e. The maximum atomic E-state index is 12.7. The molecule has 3 aliphatic rings. The Morgan fingerprint density at radius 1 is 1.14 bits per heavy atom. The van der Waals surface area contributed by atoms with E-state index in [-0.39, 0.29) is 6.04 Å². The highest BCUT2D eigenvalue weighted by atomic mass is 32.2. The molecule has 0 aliphatic carbocycles. The van der Waals surface area contributed by atoms with Crippen LogP contribution in [0, 0.1) is 0 Å². The second-order valence-corrected chi connectivity index (χ2v) is 10.2. The van der Waals surface area contributed by atoms with E-state index in [4.69, 9.17) is 4.98 Å². The van der Waals surface area contributed by atoms with Gasteiger partial charge in [0, 0.05) is 30.8 Å². The molecule has 3 fully saturated rings. The molecule has 1 aromatic heterocycles. The maximum absolute atomic E-state index is 12.7. The van der Waals surface area contributed by atoms with Crippen LogP contribution in [-0.4, -0.2) is 70.6 Å². The smallest absolute Gasteiger partial charge is 0.240 e. The fourth-order valence-corrected chi connectivity index (χ4v) is 6.72. The number of thioether (sulfide) groups is 1. The average Bonchev–Trinajstić information content (AvgIpc) is 3.56. The molecule has 0 unspecified atom stereocenters. The van der Waals surface area contributed by atoms with Gasteiger partial charge in [-0.3, -0.25) is 9.69 Å². The first kappa shape index (κ1) is 19.5. The van der Waals surface area contributed by atoms with Crippen LogP contribution >= 0.6 is 23.1 Å². The van der Waals surface area contributed by atoms with Crippen molar-refractivity contribution in [1.82, 2.24) is 20.1 Å². The number of benzene rings is 1. The second kappa shape index (κ2) is 8.76. The minimum absolute atomic E-state index is 0.0136. The molecule has 1 amide bonds. The number of nitrogens with one attached hydrogen (secondary N) is 1. The number of likely N-dealkylation sites (tertiary alicyclic amines) is 1. The van der Waals surface area contributed by atoms with Crippen LogP contribution < -0.4 is 5.32 Å². The van der Waals surface area contributed by atoms with Crippen LogP contribution in [0.1, 0.15) is 30.9 Å². The number of carbonyl (C=O) groups excluding carboxylic acids is 1. The van der Waals surface area contributed by atoms with Crippen molar-refractivity contribution < 1.29 is 4.79 Å². The highest BCUT2D eigenvalue weighted by Crippen LogP contribution is 2.37. The van der Waals surface area contributed by atoms with Gasteiger partial charge < -0.3 is 10.2 Å². The Labute approximate surface area is 180 Å². The van der Waals surface area contributed by atoms with Crippen LogP contribution in [0.15, 0.2) is 35.8 Å². The van der Waals surface area contributed by atoms with Gasteiger partial charge in [-0.05, 0) is 37.9 Å². The van der Waals surface area contributed by atoms with Gasteiger partial charge in [0.1, 0.15) is 0 Å². The van der Waals surface area contributed by atoms with Crippen molar-refractivity contribution >= 4 is 29.0 Å². The number of rotatable bonds is 4. The molecule has 2 aromatic rings. The largest absolute Gasteiger partial charge is 0.331 e. The van der Waals surface area contributed by atoms with Gasteiger partial charge in [-0.25, -0.2) is 4.98 Å². The lowest BCUT2D eigenvalue weighted by atomic mass is 9.90. The number of hydrogen-bond acceptors (Lipinski definition) is 6. The molecule has 0 bridgehead atoms. The van der Waals surface area contributed by atoms with Crippen LogP contribution in [0.2, 0.25) is 0 Å². The predicted octanol–water partition coefficient (Wildman–Crippen LogP) is 3.25. The molecular weight excluding hydrogens is 400 g/mol. The summed E-state index contributed by atoms with van der Waals surface area (Å²) in [6, 6.07) is 11.2. The number of thiazole rings is 1. The van der Waals surface area contributed by atoms with Gasteiger partial charge in [-0.1, -0.05) is 30.3 Å². The van der Waals surface area contributed by atoms with Crippen LogP contribution in [0.3, 0.4) is 0 Å². The van der Waals surface area contributed by atoms with Gasteiger partial charge in [0.25, 0.3) is 0 Å². The van der Waals surface area contributed by atoms with Gasteiger partial charge in [-0.2, -0.15) is 0 Å². The average molecular weight is 429 g/mol. The standard InChI is InChI=1S/C22H28N4OS2/c27-22(26-10-11-28-15-26)19-12-18(13-23-19)25-8-6-16(7-9-25)20-21(29-14-24-20)17-4-2-1-3-5-17/h1-5,14,16,18-19,23H,6-13,15H2/t18-,19-/m0/s1. The molecule has 29 heavy (non-hydrogen) atoms. The summed E-state index contributed by atoms with van der Waals surface area (Å²) >= 11 is 3.62. The first-order valence-electron chi connectivity index (χ1n) is 10.6. The van der Waals surface area contributed by atoms with Gasteiger partial charge in [-0.15, -0.1) is 23.1 Å². The Bertz CT molecular complexity index is 828. The summed E-state index contributed by atoms with van der Waals surface area (Å²) in [6.45, 7) is 4.05. The summed E-state index contributed by atoms with van der Waals surface area (Å²) < 4.78 is 0. The Hall–Kier alpha value is -1.41. The van der Waals surface area contributed by atoms with Gasteiger partial charge in [0.15, 0.2) is 0 Å². The highest BCUT2D eigenvalue weighted by molar-refractivity contribution is 7.99. The van der Waals surface area contributed by atoms with E-state index >= 15 is 0 Å². The monoisotopic (exact) mass is 428 g/mol. The van der Waals surface area contributed by atoms with Crippen molar-refractivity contribution in [3.8, 4) is 10.4 Å². The SMILES string of the molecule is O=C([C@@H]1C[C@H](N2CCC(c3ncsc3-c3ccccc3)CC2)CN1)N1CCSC1. The molecule has 2 atom stereocenters. The molecule has 4 heterocycles. The highest BCUT2D eigenvalue weighted by Gasteiger charge is 2.37. The number of hydrogen-bond donors (Lipinski definition) is 1. The Morgan fingerprint density at radius 2 is 1.97 bits per heavy atom. The summed E-state index contributed by atoms with van der Waals surface area (Å²) in [6.07, 6.45) is 3.26. The number of nitrogens with zero attached hydrogens (tertiary/aromatic N) is 3. The molecule has 0 saturated carbocycles. The third kappa shape index (κ3) is 4.10. The van der Waals surface area contributed by atoms with E-state index in [1.165, 1.54) is 16.1 Å². The van der Waals surface area contributed by atoms with Crippen molar-refractivity contribution in [3.63, 3.8) is 0 Å². The zero-order valence-corrected chi connectivity index (χ0v) is 18.3. The van der Waals surface area contributed by atoms with Crippen molar-refractivity contribution in [2.24, 2.45) is 0 Å². The van der Waals surface area contributed by atoms with Crippen LogP contribution in [0.4, 0.5) is 0 Å². The van der Waals surface area contributed by atoms with E-state index in [0.717, 1.165) is 57.1 Å². The summed E-state index contributed by atoms with van der Waals surface area (Å²) in [5.74, 6) is 2.80. The predicted molar refractivity (Wildman–Crippen MR) is 120 cm³/mol. The molecule has 1 aromatic carbocycles. The van der Waals surface area contributed by atoms with E-state index in [0.29, 0.717) is 17.9 Å². The molecule has 5 rings (SSSR count). The third-order valence-corrected chi connectivity index (χ3v) is 8.39. The molecular formula is C22H28N4OS2. The zero-order valence-electron chi connectivity index (χ0n) is 16.6. The van der Waals surface area contributed by atoms with Crippen LogP contribution in [0.25, 0.3) is 10.4 Å². The first-order chi connectivity index (χ1) is 14.3. The lowest BCUT2D eigenvalue weighted by Gasteiger charge is -2.35. The number of carbonyl (C=O) groups is 1. The fourth-order valence-electron chi connectivity index (χ4n) is 4.88. The second-order valence-electron chi connectivity index (χ2n) is 8.23. The van der Waals surface area contributed by atoms with Gasteiger partial charge in [0.05, 0.1) is 28.0 Å². The molecule has 3 saturated heterocycles. The van der Waals surface area contributed by atoms with Gasteiger partial charge >= 0.3 is 0 Å². The lowest BCUT2D eigenvalue weighted by Crippen LogP contribution is -2.42. The molecule has 0 spiro atoms. The number of piperidine rings is 1. The fraction of sp³-hybridized carbons (Fsp3) is 0.545. The van der Waals surface area contributed by atoms with Crippen molar-refractivity contribution in [3.05, 3.63) is 41.5 Å². The molecule has 3 aliphatic heterocycles. The molecule has 7 heteroatoms. The van der Waals surface area contributed by atoms with Crippen molar-refractivity contribution in [2.75, 3.05) is 37.8 Å². The van der Waals surface area contributed by atoms with E-state index < -0.39 is 0 Å². The first-order valence-corrected chi connectivity index (χ1v) is 12.7. The van der Waals surface area contributed by atoms with Crippen molar-refractivity contribution in [2.45, 2.75) is 37.3 Å². The molecule has 1 N–H and O–H groups in total. The summed E-state index contributed by atoms with van der Waals surface area (Å²) in [5, 5.41) is 3.50. The van der Waals surface area contributed by atoms with Gasteiger partial charge in [0.2, 0.25) is 5.91 Å². The van der Waals surface area contributed by atoms with E-state index in [2.05, 4.69) is 40.5 Å².